The van der Waals surface area contributed by atoms with Crippen LogP contribution in [0.1, 0.15) is 5.56 Å². The Morgan fingerprint density at radius 3 is 1.27 bits per heavy atom. The van der Waals surface area contributed by atoms with E-state index in [2.05, 4.69) is 195 Å². The molecular weight excluding hydrogens is 749 g/mol. The number of rotatable bonds is 12. The number of benzene rings is 9. The van der Waals surface area contributed by atoms with E-state index in [0.717, 1.165) is 71.6 Å². The molecule has 9 aromatic rings. The summed E-state index contributed by atoms with van der Waals surface area (Å²) in [6.07, 6.45) is 8.48. The fraction of sp³-hybridized carbons (Fsp3) is 0. The van der Waals surface area contributed by atoms with E-state index in [1.165, 1.54) is 22.3 Å². The number of hydrogen-bond donors (Lipinski definition) is 2. The summed E-state index contributed by atoms with van der Waals surface area (Å²) >= 11 is 0. The van der Waals surface area contributed by atoms with Gasteiger partial charge in [0, 0.05) is 5.56 Å². The van der Waals surface area contributed by atoms with Crippen molar-refractivity contribution in [3.8, 4) is 66.8 Å². The second kappa shape index (κ2) is 17.6. The van der Waals surface area contributed by atoms with Gasteiger partial charge in [0.15, 0.2) is 0 Å². The van der Waals surface area contributed by atoms with Crippen LogP contribution >= 0.6 is 0 Å². The van der Waals surface area contributed by atoms with Crippen LogP contribution in [0.25, 0.3) is 88.3 Å². The molecule has 0 atom stereocenters. The normalized spacial score (nSPS) is 11.4. The lowest BCUT2D eigenvalue weighted by Gasteiger charge is -2.22. The van der Waals surface area contributed by atoms with Crippen LogP contribution in [0.2, 0.25) is 0 Å². The van der Waals surface area contributed by atoms with Crippen LogP contribution < -0.4 is 0 Å². The van der Waals surface area contributed by atoms with Crippen molar-refractivity contribution < 1.29 is 0 Å². The molecule has 0 spiro atoms. The monoisotopic (exact) mass is 792 g/mol. The Labute approximate surface area is 363 Å². The average Bonchev–Trinajstić information content (AvgIpc) is 3.34. The minimum atomic E-state index is 0.271. The minimum Gasteiger partial charge on any atom is -0.300 e. The molecule has 0 radical (unpaired) electrons. The molecule has 0 amide bonds. The van der Waals surface area contributed by atoms with Crippen LogP contribution in [0, 0.1) is 10.8 Å². The highest BCUT2D eigenvalue weighted by molar-refractivity contribution is 6.24. The first-order valence-electron chi connectivity index (χ1n) is 20.8. The highest BCUT2D eigenvalue weighted by Gasteiger charge is 2.21. The van der Waals surface area contributed by atoms with Gasteiger partial charge in [-0.2, -0.15) is 0 Å². The molecule has 0 aromatic heterocycles. The first-order valence-corrected chi connectivity index (χ1v) is 20.8. The molecule has 294 valence electrons. The van der Waals surface area contributed by atoms with Crippen molar-refractivity contribution in [3.63, 3.8) is 0 Å². The van der Waals surface area contributed by atoms with Crippen molar-refractivity contribution in [2.75, 3.05) is 0 Å². The second-order valence-electron chi connectivity index (χ2n) is 15.3. The Hall–Kier alpha value is -8.20. The maximum Gasteiger partial charge on any atom is 0.0612 e. The van der Waals surface area contributed by atoms with Gasteiger partial charge in [-0.25, -0.2) is 0 Å². The van der Waals surface area contributed by atoms with Gasteiger partial charge in [0.25, 0.3) is 0 Å². The Balaban J connectivity index is 1.26. The van der Waals surface area contributed by atoms with Gasteiger partial charge in [0.05, 0.1) is 11.4 Å². The molecule has 2 nitrogen and oxygen atoms in total. The van der Waals surface area contributed by atoms with Crippen molar-refractivity contribution in [2.24, 2.45) is 0 Å². The topological polar surface area (TPSA) is 47.7 Å². The van der Waals surface area contributed by atoms with Gasteiger partial charge >= 0.3 is 0 Å². The number of fused-ring (bicyclic) bond motifs is 2. The van der Waals surface area contributed by atoms with Crippen molar-refractivity contribution in [2.45, 2.75) is 0 Å². The minimum absolute atomic E-state index is 0.271. The van der Waals surface area contributed by atoms with Crippen LogP contribution in [-0.2, 0) is 0 Å². The Kier molecular flexibility index (Phi) is 11.1. The molecule has 62 heavy (non-hydrogen) atoms. The largest absolute Gasteiger partial charge is 0.300 e. The molecule has 2 N–H and O–H groups in total. The van der Waals surface area contributed by atoms with E-state index in [4.69, 9.17) is 5.41 Å². The summed E-state index contributed by atoms with van der Waals surface area (Å²) in [6, 6.07) is 71.3. The first kappa shape index (κ1) is 39.3. The summed E-state index contributed by atoms with van der Waals surface area (Å²) in [5.41, 5.74) is 15.7. The van der Waals surface area contributed by atoms with Crippen LogP contribution in [0.4, 0.5) is 0 Å². The highest BCUT2D eigenvalue weighted by atomic mass is 14.4. The third-order valence-corrected chi connectivity index (χ3v) is 11.5. The Morgan fingerprint density at radius 1 is 0.371 bits per heavy atom. The van der Waals surface area contributed by atoms with Gasteiger partial charge in [-0.1, -0.05) is 226 Å². The SMILES string of the molecule is C=C/C=C\C(=N)C(=C)/C=C\C(=N)c1ccc2c(-c3ccccc3-c3ccc(-c4ccccc4)cc3)c3ccccc3c(-c3ccccc3-c3ccc(-c4ccccc4)cc3)c2c1. The van der Waals surface area contributed by atoms with Gasteiger partial charge in [0.2, 0.25) is 0 Å². The summed E-state index contributed by atoms with van der Waals surface area (Å²) in [5.74, 6) is 0. The van der Waals surface area contributed by atoms with Gasteiger partial charge in [-0.3, -0.25) is 0 Å². The molecule has 0 unspecified atom stereocenters. The van der Waals surface area contributed by atoms with Gasteiger partial charge in [-0.05, 0) is 112 Å². The van der Waals surface area contributed by atoms with Crippen LogP contribution in [0.5, 0.6) is 0 Å². The van der Waals surface area contributed by atoms with Crippen molar-refractivity contribution in [1.82, 2.24) is 0 Å². The van der Waals surface area contributed by atoms with Crippen LogP contribution in [-0.4, -0.2) is 11.4 Å². The highest BCUT2D eigenvalue weighted by Crippen LogP contribution is 2.48. The van der Waals surface area contributed by atoms with Crippen molar-refractivity contribution >= 4 is 33.0 Å². The Morgan fingerprint density at radius 2 is 0.774 bits per heavy atom. The van der Waals surface area contributed by atoms with E-state index >= 15 is 0 Å². The van der Waals surface area contributed by atoms with E-state index in [0.29, 0.717) is 11.3 Å². The van der Waals surface area contributed by atoms with Crippen LogP contribution in [0.15, 0.2) is 249 Å². The smallest absolute Gasteiger partial charge is 0.0612 e. The van der Waals surface area contributed by atoms with Gasteiger partial charge < -0.3 is 10.8 Å². The van der Waals surface area contributed by atoms with Gasteiger partial charge in [-0.15, -0.1) is 0 Å². The molecule has 0 aliphatic rings. The fourth-order valence-corrected chi connectivity index (χ4v) is 8.42. The van der Waals surface area contributed by atoms with Crippen LogP contribution in [0.3, 0.4) is 0 Å². The zero-order valence-corrected chi connectivity index (χ0v) is 34.4. The van der Waals surface area contributed by atoms with E-state index in [1.54, 1.807) is 30.4 Å². The molecule has 0 saturated heterocycles. The van der Waals surface area contributed by atoms with E-state index in [-0.39, 0.29) is 5.71 Å². The van der Waals surface area contributed by atoms with Crippen molar-refractivity contribution in [3.05, 3.63) is 255 Å². The first-order chi connectivity index (χ1) is 30.5. The Bertz CT molecular complexity index is 3200. The maximum absolute atomic E-state index is 9.29. The lowest BCUT2D eigenvalue weighted by Crippen LogP contribution is -1.99. The molecule has 0 bridgehead atoms. The molecule has 2 heteroatoms. The van der Waals surface area contributed by atoms with Crippen molar-refractivity contribution in [1.29, 1.82) is 10.8 Å². The predicted octanol–water partition coefficient (Wildman–Crippen LogP) is 16.2. The second-order valence-corrected chi connectivity index (χ2v) is 15.3. The quantitative estimate of drug-likeness (QED) is 0.0703. The third kappa shape index (κ3) is 7.81. The van der Waals surface area contributed by atoms with E-state index in [9.17, 15) is 5.41 Å². The number of nitrogens with one attached hydrogen (secondary N) is 2. The average molecular weight is 793 g/mol. The molecule has 0 aliphatic carbocycles. The maximum atomic E-state index is 9.29. The number of hydrogen-bond acceptors (Lipinski definition) is 2. The molecule has 0 saturated carbocycles. The molecule has 9 rings (SSSR count). The summed E-state index contributed by atoms with van der Waals surface area (Å²) < 4.78 is 0. The molecule has 0 aliphatic heterocycles. The summed E-state index contributed by atoms with van der Waals surface area (Å²) in [4.78, 5) is 0. The van der Waals surface area contributed by atoms with Gasteiger partial charge in [0.1, 0.15) is 0 Å². The zero-order valence-electron chi connectivity index (χ0n) is 34.4. The molecule has 9 aromatic carbocycles. The summed E-state index contributed by atoms with van der Waals surface area (Å²) in [5, 5.41) is 22.1. The number of allylic oxidation sites excluding steroid dienone is 6. The molecule has 0 heterocycles. The summed E-state index contributed by atoms with van der Waals surface area (Å²) in [6.45, 7) is 7.79. The lowest BCUT2D eigenvalue weighted by atomic mass is 9.81. The molecule has 0 fully saturated rings. The lowest BCUT2D eigenvalue weighted by molar-refractivity contribution is 1.49. The van der Waals surface area contributed by atoms with E-state index < -0.39 is 0 Å². The third-order valence-electron chi connectivity index (χ3n) is 11.5. The standard InChI is InChI=1S/C60H44N2/c1-3-4-27-57(61)41(2)28-39-58(62)48-37-38-55-56(40-48)60(52-24-14-12-22-50(52)47-35-31-45(32-36-47)43-19-9-6-10-20-43)54-26-16-15-25-53(54)59(55)51-23-13-11-21-49(51)46-33-29-44(30-34-46)42-17-7-5-8-18-42/h3-40,61-62H,1-2H2/b27-4-,39-28-,61-57?,62-58?. The van der Waals surface area contributed by atoms with E-state index in [1.807, 2.05) is 18.2 Å². The fourth-order valence-electron chi connectivity index (χ4n) is 8.42. The molecular formula is C60H44N2. The predicted molar refractivity (Wildman–Crippen MR) is 266 cm³/mol. The summed E-state index contributed by atoms with van der Waals surface area (Å²) in [7, 11) is 0. The zero-order chi connectivity index (χ0) is 42.4.